The number of hydrogen-bond donors (Lipinski definition) is 1. The highest BCUT2D eigenvalue weighted by molar-refractivity contribution is 5.77. The van der Waals surface area contributed by atoms with E-state index < -0.39 is 0 Å². The van der Waals surface area contributed by atoms with Crippen molar-refractivity contribution in [3.63, 3.8) is 0 Å². The summed E-state index contributed by atoms with van der Waals surface area (Å²) in [6.07, 6.45) is 2.94. The van der Waals surface area contributed by atoms with Gasteiger partial charge in [0.25, 0.3) is 5.56 Å². The Morgan fingerprint density at radius 2 is 1.93 bits per heavy atom. The first kappa shape index (κ1) is 18.6. The van der Waals surface area contributed by atoms with Gasteiger partial charge in [0.05, 0.1) is 18.3 Å². The van der Waals surface area contributed by atoms with Gasteiger partial charge in [-0.3, -0.25) is 18.8 Å². The Labute approximate surface area is 156 Å². The highest BCUT2D eigenvalue weighted by Crippen LogP contribution is 2.18. The lowest BCUT2D eigenvalue weighted by atomic mass is 10.1. The quantitative estimate of drug-likeness (QED) is 0.715. The normalized spacial score (nSPS) is 12.3. The third-order valence-corrected chi connectivity index (χ3v) is 4.16. The van der Waals surface area contributed by atoms with Crippen LogP contribution in [-0.4, -0.2) is 31.3 Å². The second kappa shape index (κ2) is 7.61. The van der Waals surface area contributed by atoms with E-state index in [2.05, 4.69) is 15.4 Å². The topological polar surface area (TPSA) is 91.0 Å². The molecule has 0 radical (unpaired) electrons. The second-order valence-corrected chi connectivity index (χ2v) is 6.71. The minimum atomic E-state index is -0.286. The number of nitrogens with one attached hydrogen (secondary N) is 1. The van der Waals surface area contributed by atoms with Gasteiger partial charge in [-0.25, -0.2) is 4.98 Å². The molecule has 0 saturated heterocycles. The fourth-order valence-electron chi connectivity index (χ4n) is 2.81. The molecule has 0 saturated carbocycles. The number of ether oxygens (including phenoxy) is 1. The van der Waals surface area contributed by atoms with Crippen molar-refractivity contribution in [3.8, 4) is 5.75 Å². The summed E-state index contributed by atoms with van der Waals surface area (Å²) in [5.74, 6) is 0.520. The van der Waals surface area contributed by atoms with E-state index in [1.54, 1.807) is 7.05 Å². The molecule has 0 aliphatic carbocycles. The summed E-state index contributed by atoms with van der Waals surface area (Å²) in [7, 11) is 1.71. The number of carbonyl (C=O) groups is 1. The fourth-order valence-corrected chi connectivity index (χ4v) is 2.81. The van der Waals surface area contributed by atoms with Crippen molar-refractivity contribution < 1.29 is 9.53 Å². The maximum atomic E-state index is 12.4. The lowest BCUT2D eigenvalue weighted by Crippen LogP contribution is -2.33. The molecule has 0 bridgehead atoms. The van der Waals surface area contributed by atoms with Crippen LogP contribution in [0.1, 0.15) is 32.4 Å². The molecule has 0 spiro atoms. The van der Waals surface area contributed by atoms with Gasteiger partial charge in [-0.1, -0.05) is 12.1 Å². The molecular formula is C19H23N5O3. The largest absolute Gasteiger partial charge is 0.491 e. The molecule has 1 aromatic carbocycles. The monoisotopic (exact) mass is 369 g/mol. The van der Waals surface area contributed by atoms with Crippen LogP contribution in [0, 0.1) is 0 Å². The van der Waals surface area contributed by atoms with Gasteiger partial charge in [0.2, 0.25) is 5.91 Å². The van der Waals surface area contributed by atoms with E-state index in [0.29, 0.717) is 11.0 Å². The van der Waals surface area contributed by atoms with E-state index in [4.69, 9.17) is 4.74 Å². The van der Waals surface area contributed by atoms with Crippen molar-refractivity contribution >= 4 is 16.9 Å². The van der Waals surface area contributed by atoms with Crippen molar-refractivity contribution in [1.29, 1.82) is 0 Å². The Bertz CT molecular complexity index is 1000. The zero-order chi connectivity index (χ0) is 19.6. The molecule has 0 fully saturated rings. The van der Waals surface area contributed by atoms with E-state index in [1.807, 2.05) is 45.0 Å². The zero-order valence-corrected chi connectivity index (χ0v) is 15.8. The lowest BCUT2D eigenvalue weighted by Gasteiger charge is -2.16. The lowest BCUT2D eigenvalue weighted by molar-refractivity contribution is -0.122. The molecular weight excluding hydrogens is 346 g/mol. The molecule has 142 valence electrons. The Hall–Kier alpha value is -3.16. The minimum absolute atomic E-state index is 0.102. The molecule has 27 heavy (non-hydrogen) atoms. The summed E-state index contributed by atoms with van der Waals surface area (Å²) < 4.78 is 8.43. The predicted octanol–water partition coefficient (Wildman–Crippen LogP) is 1.79. The summed E-state index contributed by atoms with van der Waals surface area (Å²) >= 11 is 0. The van der Waals surface area contributed by atoms with Crippen molar-refractivity contribution in [2.45, 2.75) is 39.5 Å². The van der Waals surface area contributed by atoms with Gasteiger partial charge < -0.3 is 10.1 Å². The Morgan fingerprint density at radius 1 is 1.22 bits per heavy atom. The predicted molar refractivity (Wildman–Crippen MR) is 102 cm³/mol. The SMILES string of the molecule is CC(C)Oc1ccc(C(C)NC(=O)Cn2cnc3c(cnn3C)c2=O)cc1. The van der Waals surface area contributed by atoms with E-state index in [1.165, 1.54) is 21.8 Å². The van der Waals surface area contributed by atoms with E-state index >= 15 is 0 Å². The molecule has 8 heteroatoms. The molecule has 1 amide bonds. The van der Waals surface area contributed by atoms with Crippen molar-refractivity contribution in [3.05, 3.63) is 52.7 Å². The first-order valence-electron chi connectivity index (χ1n) is 8.78. The van der Waals surface area contributed by atoms with E-state index in [0.717, 1.165) is 11.3 Å². The number of aryl methyl sites for hydroxylation is 1. The molecule has 2 heterocycles. The van der Waals surface area contributed by atoms with Gasteiger partial charge in [0.1, 0.15) is 24.0 Å². The second-order valence-electron chi connectivity index (χ2n) is 6.71. The third-order valence-electron chi connectivity index (χ3n) is 4.16. The van der Waals surface area contributed by atoms with Crippen LogP contribution < -0.4 is 15.6 Å². The number of rotatable bonds is 6. The molecule has 8 nitrogen and oxygen atoms in total. The number of aromatic nitrogens is 4. The number of benzene rings is 1. The first-order chi connectivity index (χ1) is 12.8. The number of nitrogens with zero attached hydrogens (tertiary/aromatic N) is 4. The van der Waals surface area contributed by atoms with Gasteiger partial charge in [0, 0.05) is 7.05 Å². The molecule has 0 aliphatic rings. The Morgan fingerprint density at radius 3 is 2.59 bits per heavy atom. The number of amides is 1. The van der Waals surface area contributed by atoms with Crippen LogP contribution >= 0.6 is 0 Å². The van der Waals surface area contributed by atoms with Crippen LogP contribution in [0.4, 0.5) is 0 Å². The first-order valence-corrected chi connectivity index (χ1v) is 8.78. The fraction of sp³-hybridized carbons (Fsp3) is 0.368. The van der Waals surface area contributed by atoms with Crippen molar-refractivity contribution in [2.75, 3.05) is 0 Å². The number of fused-ring (bicyclic) bond motifs is 1. The summed E-state index contributed by atoms with van der Waals surface area (Å²) in [6.45, 7) is 5.73. The molecule has 0 aliphatic heterocycles. The van der Waals surface area contributed by atoms with Crippen LogP contribution in [0.15, 0.2) is 41.6 Å². The Kier molecular flexibility index (Phi) is 5.25. The van der Waals surface area contributed by atoms with E-state index in [-0.39, 0.29) is 30.2 Å². The highest BCUT2D eigenvalue weighted by Gasteiger charge is 2.13. The van der Waals surface area contributed by atoms with Crippen LogP contribution in [-0.2, 0) is 18.4 Å². The average molecular weight is 369 g/mol. The summed E-state index contributed by atoms with van der Waals surface area (Å²) in [5, 5.41) is 7.31. The highest BCUT2D eigenvalue weighted by atomic mass is 16.5. The van der Waals surface area contributed by atoms with E-state index in [9.17, 15) is 9.59 Å². The number of carbonyl (C=O) groups excluding carboxylic acids is 1. The molecule has 1 unspecified atom stereocenters. The average Bonchev–Trinajstić information content (AvgIpc) is 2.99. The van der Waals surface area contributed by atoms with Crippen LogP contribution in [0.5, 0.6) is 5.75 Å². The third kappa shape index (κ3) is 4.16. The minimum Gasteiger partial charge on any atom is -0.491 e. The van der Waals surface area contributed by atoms with Gasteiger partial charge in [-0.15, -0.1) is 0 Å². The summed E-state index contributed by atoms with van der Waals surface area (Å²) in [4.78, 5) is 29.0. The van der Waals surface area contributed by atoms with Crippen molar-refractivity contribution in [1.82, 2.24) is 24.6 Å². The van der Waals surface area contributed by atoms with Gasteiger partial charge in [0.15, 0.2) is 5.65 Å². The van der Waals surface area contributed by atoms with Crippen LogP contribution in [0.2, 0.25) is 0 Å². The summed E-state index contributed by atoms with van der Waals surface area (Å²) in [5.41, 5.74) is 1.16. The number of hydrogen-bond acceptors (Lipinski definition) is 5. The molecule has 1 atom stereocenters. The molecule has 3 aromatic rings. The van der Waals surface area contributed by atoms with Crippen LogP contribution in [0.25, 0.3) is 11.0 Å². The van der Waals surface area contributed by atoms with Crippen LogP contribution in [0.3, 0.4) is 0 Å². The zero-order valence-electron chi connectivity index (χ0n) is 15.8. The van der Waals surface area contributed by atoms with Gasteiger partial charge in [-0.05, 0) is 38.5 Å². The van der Waals surface area contributed by atoms with Gasteiger partial charge >= 0.3 is 0 Å². The van der Waals surface area contributed by atoms with Gasteiger partial charge in [-0.2, -0.15) is 5.10 Å². The standard InChI is InChI=1S/C19H23N5O3/c1-12(2)27-15-7-5-14(6-8-15)13(3)22-17(25)10-24-11-20-18-16(19(24)26)9-21-23(18)4/h5-9,11-13H,10H2,1-4H3,(H,22,25). The van der Waals surface area contributed by atoms with Crippen molar-refractivity contribution in [2.24, 2.45) is 7.05 Å². The molecule has 3 rings (SSSR count). The molecule has 1 N–H and O–H groups in total. The molecule has 2 aromatic heterocycles. The Balaban J connectivity index is 1.67. The maximum absolute atomic E-state index is 12.4. The smallest absolute Gasteiger partial charge is 0.264 e. The maximum Gasteiger partial charge on any atom is 0.264 e. The summed E-state index contributed by atoms with van der Waals surface area (Å²) in [6, 6.07) is 7.39.